The van der Waals surface area contributed by atoms with Crippen LogP contribution in [0.4, 0.5) is 0 Å². The van der Waals surface area contributed by atoms with Gasteiger partial charge in [0.25, 0.3) is 0 Å². The van der Waals surface area contributed by atoms with Crippen molar-refractivity contribution >= 4 is 11.8 Å². The van der Waals surface area contributed by atoms with Crippen LogP contribution >= 0.6 is 0 Å². The van der Waals surface area contributed by atoms with Crippen molar-refractivity contribution in [3.63, 3.8) is 0 Å². The van der Waals surface area contributed by atoms with Gasteiger partial charge in [-0.15, -0.1) is 0 Å². The van der Waals surface area contributed by atoms with E-state index in [1.807, 2.05) is 43.5 Å². The number of hydrogen-bond donors (Lipinski definition) is 3. The van der Waals surface area contributed by atoms with Gasteiger partial charge in [-0.2, -0.15) is 0 Å². The van der Waals surface area contributed by atoms with Crippen LogP contribution < -0.4 is 14.8 Å². The first-order valence-electron chi connectivity index (χ1n) is 19.5. The fourth-order valence-electron chi connectivity index (χ4n) is 7.94. The lowest BCUT2D eigenvalue weighted by Gasteiger charge is -2.30. The van der Waals surface area contributed by atoms with Gasteiger partial charge in [-0.05, 0) is 69.1 Å². The van der Waals surface area contributed by atoms with Gasteiger partial charge in [0.1, 0.15) is 42.4 Å². The standard InChI is InChI=1S/C43H49N7O5/c1-4-13-49(3)23-37-44-21-33(46-37)29-17-31-25-55-36-20-30(18-32-26-54-35(19-29)39(31)40(32)36)34-22-45-38(47-34)24-50(14-5-2)43(52)41(27-9-7-6-8-10-27)48-42(51)28-11-15-53-16-12-28/h6-10,17-22,28,41H,4-5,11-16,23-26H2,1-3H3,(H,44,46)(H,45,47)(H,48,51)/t41-/m1/s1. The summed E-state index contributed by atoms with van der Waals surface area (Å²) in [6.07, 6.45) is 6.85. The number of benzene rings is 3. The van der Waals surface area contributed by atoms with Gasteiger partial charge in [-0.1, -0.05) is 44.2 Å². The molecule has 286 valence electrons. The molecule has 1 saturated heterocycles. The van der Waals surface area contributed by atoms with E-state index < -0.39 is 6.04 Å². The highest BCUT2D eigenvalue weighted by molar-refractivity contribution is 5.90. The van der Waals surface area contributed by atoms with Gasteiger partial charge in [0.05, 0.1) is 36.9 Å². The minimum atomic E-state index is -0.804. The first-order chi connectivity index (χ1) is 26.9. The van der Waals surface area contributed by atoms with Gasteiger partial charge in [0.2, 0.25) is 11.8 Å². The Labute approximate surface area is 321 Å². The lowest BCUT2D eigenvalue weighted by Crippen LogP contribution is -2.45. The molecule has 0 radical (unpaired) electrons. The van der Waals surface area contributed by atoms with E-state index in [4.69, 9.17) is 19.2 Å². The molecule has 5 heterocycles. The number of nitrogens with zero attached hydrogens (tertiary/aromatic N) is 4. The Balaban J connectivity index is 1.01. The fraction of sp³-hybridized carbons (Fsp3) is 0.395. The molecule has 12 nitrogen and oxygen atoms in total. The average molecular weight is 744 g/mol. The zero-order chi connectivity index (χ0) is 37.9. The molecule has 0 unspecified atom stereocenters. The minimum absolute atomic E-state index is 0.113. The van der Waals surface area contributed by atoms with Gasteiger partial charge in [0.15, 0.2) is 0 Å². The summed E-state index contributed by atoms with van der Waals surface area (Å²) < 4.78 is 18.3. The lowest BCUT2D eigenvalue weighted by molar-refractivity contribution is -0.139. The SMILES string of the molecule is CCCN(C)Cc1ncc(-c2cc3c4c(c2)OCc2cc(-c5cnc(CN(CCC)C(=O)[C@H](NC(=O)C6CCOCC6)c6ccccc6)[nH]5)cc(c2-4)OC3)[nH]1. The lowest BCUT2D eigenvalue weighted by atomic mass is 9.87. The van der Waals surface area contributed by atoms with E-state index in [1.165, 1.54) is 0 Å². The number of aromatic nitrogens is 4. The third-order valence-corrected chi connectivity index (χ3v) is 10.7. The third-order valence-electron chi connectivity index (χ3n) is 10.7. The van der Waals surface area contributed by atoms with Crippen LogP contribution in [0.1, 0.15) is 73.9 Å². The molecule has 0 saturated carbocycles. The van der Waals surface area contributed by atoms with E-state index in [0.717, 1.165) is 93.6 Å². The Bertz CT molecular complexity index is 2110. The number of imidazole rings is 2. The normalized spacial score (nSPS) is 15.2. The number of carbonyl (C=O) groups is 2. The Morgan fingerprint density at radius 1 is 0.818 bits per heavy atom. The molecule has 0 bridgehead atoms. The topological polar surface area (TPSA) is 138 Å². The van der Waals surface area contributed by atoms with Crippen molar-refractivity contribution in [2.45, 2.75) is 71.9 Å². The minimum Gasteiger partial charge on any atom is -0.488 e. The largest absolute Gasteiger partial charge is 0.488 e. The number of carbonyl (C=O) groups excluding carboxylic acids is 2. The highest BCUT2D eigenvalue weighted by atomic mass is 16.5. The van der Waals surface area contributed by atoms with Crippen LogP contribution in [0.2, 0.25) is 0 Å². The number of ether oxygens (including phenoxy) is 3. The highest BCUT2D eigenvalue weighted by Crippen LogP contribution is 2.50. The number of hydrogen-bond acceptors (Lipinski definition) is 8. The van der Waals surface area contributed by atoms with Crippen molar-refractivity contribution in [2.24, 2.45) is 5.92 Å². The summed E-state index contributed by atoms with van der Waals surface area (Å²) in [5.41, 5.74) is 8.75. The van der Waals surface area contributed by atoms with Gasteiger partial charge in [-0.3, -0.25) is 14.5 Å². The summed E-state index contributed by atoms with van der Waals surface area (Å²) in [5.74, 6) is 2.79. The maximum absolute atomic E-state index is 14.3. The molecule has 12 heteroatoms. The summed E-state index contributed by atoms with van der Waals surface area (Å²) in [4.78, 5) is 48.0. The predicted octanol–water partition coefficient (Wildman–Crippen LogP) is 6.78. The average Bonchev–Trinajstić information content (AvgIpc) is 3.89. The second-order valence-corrected chi connectivity index (χ2v) is 14.8. The van der Waals surface area contributed by atoms with Gasteiger partial charge in [-0.25, -0.2) is 9.97 Å². The van der Waals surface area contributed by atoms with Crippen molar-refractivity contribution < 1.29 is 23.8 Å². The number of amides is 2. The number of nitrogens with one attached hydrogen (secondary N) is 3. The van der Waals surface area contributed by atoms with E-state index in [9.17, 15) is 9.59 Å². The summed E-state index contributed by atoms with van der Waals surface area (Å²) in [5, 5.41) is 3.09. The van der Waals surface area contributed by atoms with Crippen molar-refractivity contribution in [2.75, 3.05) is 33.4 Å². The molecule has 0 spiro atoms. The maximum atomic E-state index is 14.3. The van der Waals surface area contributed by atoms with Crippen LogP contribution in [0.15, 0.2) is 67.0 Å². The molecule has 3 aliphatic heterocycles. The maximum Gasteiger partial charge on any atom is 0.250 e. The molecule has 2 amide bonds. The van der Waals surface area contributed by atoms with Crippen molar-refractivity contribution in [1.29, 1.82) is 0 Å². The van der Waals surface area contributed by atoms with Gasteiger partial charge in [0, 0.05) is 59.1 Å². The van der Waals surface area contributed by atoms with E-state index in [-0.39, 0.29) is 24.3 Å². The molecule has 0 aliphatic carbocycles. The summed E-state index contributed by atoms with van der Waals surface area (Å²) in [6, 6.07) is 17.1. The van der Waals surface area contributed by atoms with E-state index in [1.54, 1.807) is 11.1 Å². The summed E-state index contributed by atoms with van der Waals surface area (Å²) in [6.45, 7) is 8.72. The molecule has 2 aromatic heterocycles. The van der Waals surface area contributed by atoms with Crippen LogP contribution in [-0.2, 0) is 40.6 Å². The van der Waals surface area contributed by atoms with Gasteiger partial charge >= 0.3 is 0 Å². The molecule has 3 aromatic carbocycles. The molecular weight excluding hydrogens is 695 g/mol. The summed E-state index contributed by atoms with van der Waals surface area (Å²) in [7, 11) is 2.11. The van der Waals surface area contributed by atoms with Crippen LogP contribution in [0.5, 0.6) is 11.5 Å². The third kappa shape index (κ3) is 7.74. The van der Waals surface area contributed by atoms with Crippen LogP contribution in [0.3, 0.4) is 0 Å². The Morgan fingerprint density at radius 3 is 1.98 bits per heavy atom. The zero-order valence-corrected chi connectivity index (χ0v) is 31.8. The molecule has 3 N–H and O–H groups in total. The van der Waals surface area contributed by atoms with Gasteiger partial charge < -0.3 is 34.4 Å². The van der Waals surface area contributed by atoms with E-state index in [0.29, 0.717) is 51.6 Å². The molecule has 3 aliphatic rings. The molecule has 8 rings (SSSR count). The molecule has 55 heavy (non-hydrogen) atoms. The molecule has 5 aromatic rings. The number of H-pyrrole nitrogens is 2. The van der Waals surface area contributed by atoms with Crippen molar-refractivity contribution in [1.82, 2.24) is 35.1 Å². The molecule has 1 atom stereocenters. The van der Waals surface area contributed by atoms with Crippen molar-refractivity contribution in [3.8, 4) is 45.1 Å². The second-order valence-electron chi connectivity index (χ2n) is 14.8. The monoisotopic (exact) mass is 743 g/mol. The van der Waals surface area contributed by atoms with Crippen LogP contribution in [-0.4, -0.2) is 74.9 Å². The highest BCUT2D eigenvalue weighted by Gasteiger charge is 2.32. The van der Waals surface area contributed by atoms with Crippen LogP contribution in [0, 0.1) is 5.92 Å². The predicted molar refractivity (Wildman–Crippen MR) is 209 cm³/mol. The molecule has 1 fully saturated rings. The zero-order valence-electron chi connectivity index (χ0n) is 31.8. The number of aromatic amines is 2. The molecular formula is C43H49N7O5. The van der Waals surface area contributed by atoms with Crippen molar-refractivity contribution in [3.05, 3.63) is 95.3 Å². The Morgan fingerprint density at radius 2 is 1.40 bits per heavy atom. The van der Waals surface area contributed by atoms with E-state index in [2.05, 4.69) is 63.4 Å². The summed E-state index contributed by atoms with van der Waals surface area (Å²) >= 11 is 0. The quantitative estimate of drug-likeness (QED) is 0.113. The Kier molecular flexibility index (Phi) is 10.7. The fourth-order valence-corrected chi connectivity index (χ4v) is 7.94. The Hall–Kier alpha value is -5.46. The number of rotatable bonds is 14. The first-order valence-corrected chi connectivity index (χ1v) is 19.5. The second kappa shape index (κ2) is 16.1. The smallest absolute Gasteiger partial charge is 0.250 e. The van der Waals surface area contributed by atoms with Crippen LogP contribution in [0.25, 0.3) is 33.6 Å². The van der Waals surface area contributed by atoms with E-state index >= 15 is 0 Å². The first kappa shape index (κ1) is 36.5.